The number of thioether (sulfide) groups is 1. The van der Waals surface area contributed by atoms with Gasteiger partial charge in [-0.3, -0.25) is 4.79 Å². The third-order valence-electron chi connectivity index (χ3n) is 3.39. The number of carbonyl (C=O) groups is 1. The molecule has 1 aliphatic rings. The molecule has 0 unspecified atom stereocenters. The van der Waals surface area contributed by atoms with Gasteiger partial charge in [0.2, 0.25) is 0 Å². The lowest BCUT2D eigenvalue weighted by molar-refractivity contribution is 0.112. The number of benzene rings is 2. The van der Waals surface area contributed by atoms with Crippen molar-refractivity contribution in [3.63, 3.8) is 0 Å². The van der Waals surface area contributed by atoms with Gasteiger partial charge >= 0.3 is 0 Å². The van der Waals surface area contributed by atoms with E-state index in [1.807, 2.05) is 23.9 Å². The molecular weight excluding hydrogens is 254 g/mol. The molecule has 19 heavy (non-hydrogen) atoms. The second-order valence-electron chi connectivity index (χ2n) is 4.51. The molecule has 0 atom stereocenters. The van der Waals surface area contributed by atoms with Crippen LogP contribution in [0.1, 0.15) is 22.8 Å². The van der Waals surface area contributed by atoms with Crippen LogP contribution in [0.5, 0.6) is 0 Å². The number of hydrogen-bond donors (Lipinski definition) is 0. The van der Waals surface area contributed by atoms with E-state index >= 15 is 0 Å². The Balaban J connectivity index is 2.16. The molecule has 0 aliphatic carbocycles. The Hall–Kier alpha value is -1.74. The largest absolute Gasteiger partial charge is 0.341 e. The fourth-order valence-electron chi connectivity index (χ4n) is 2.49. The summed E-state index contributed by atoms with van der Waals surface area (Å²) in [5.74, 6) is 0.907. The highest BCUT2D eigenvalue weighted by atomic mass is 32.2. The fourth-order valence-corrected chi connectivity index (χ4v) is 3.53. The van der Waals surface area contributed by atoms with Gasteiger partial charge < -0.3 is 4.90 Å². The van der Waals surface area contributed by atoms with Crippen molar-refractivity contribution in [2.75, 3.05) is 11.4 Å². The van der Waals surface area contributed by atoms with E-state index in [1.165, 1.54) is 21.8 Å². The first-order valence-electron chi connectivity index (χ1n) is 6.41. The molecular formula is C16H15NOS. The third-order valence-corrected chi connectivity index (χ3v) is 4.50. The van der Waals surface area contributed by atoms with Gasteiger partial charge in [-0.25, -0.2) is 0 Å². The smallest absolute Gasteiger partial charge is 0.150 e. The van der Waals surface area contributed by atoms with Crippen LogP contribution in [0.3, 0.4) is 0 Å². The van der Waals surface area contributed by atoms with Gasteiger partial charge in [0.15, 0.2) is 0 Å². The van der Waals surface area contributed by atoms with Crippen LogP contribution in [0.15, 0.2) is 47.4 Å². The zero-order chi connectivity index (χ0) is 13.2. The molecule has 2 aromatic carbocycles. The molecule has 0 bridgehead atoms. The van der Waals surface area contributed by atoms with Gasteiger partial charge in [0.1, 0.15) is 6.29 Å². The van der Waals surface area contributed by atoms with Crippen molar-refractivity contribution in [1.29, 1.82) is 0 Å². The first-order valence-corrected chi connectivity index (χ1v) is 7.39. The molecule has 2 nitrogen and oxygen atoms in total. The summed E-state index contributed by atoms with van der Waals surface area (Å²) in [6.45, 7) is 3.08. The Bertz CT molecular complexity index is 624. The highest BCUT2D eigenvalue weighted by Gasteiger charge is 2.19. The molecule has 0 saturated carbocycles. The molecule has 0 fully saturated rings. The minimum absolute atomic E-state index is 0.751. The predicted octanol–water partition coefficient (Wildman–Crippen LogP) is 4.26. The van der Waals surface area contributed by atoms with E-state index in [9.17, 15) is 4.79 Å². The van der Waals surface area contributed by atoms with Gasteiger partial charge in [0.05, 0.1) is 5.69 Å². The van der Waals surface area contributed by atoms with Crippen molar-refractivity contribution in [1.82, 2.24) is 0 Å². The van der Waals surface area contributed by atoms with Crippen molar-refractivity contribution < 1.29 is 4.79 Å². The van der Waals surface area contributed by atoms with Crippen LogP contribution in [-0.2, 0) is 5.75 Å². The Morgan fingerprint density at radius 1 is 1.21 bits per heavy atom. The maximum Gasteiger partial charge on any atom is 0.150 e. The van der Waals surface area contributed by atoms with Crippen molar-refractivity contribution in [3.05, 3.63) is 53.6 Å². The summed E-state index contributed by atoms with van der Waals surface area (Å²) in [7, 11) is 0. The number of carbonyl (C=O) groups excluding carboxylic acids is 1. The number of anilines is 2. The standard InChI is InChI=1S/C16H15NOS/c1-2-17-14-8-7-12(10-18)9-13(14)11-19-16-6-4-3-5-15(16)17/h3-10H,2,11H2,1H3. The van der Waals surface area contributed by atoms with Crippen LogP contribution >= 0.6 is 11.8 Å². The Morgan fingerprint density at radius 2 is 2.05 bits per heavy atom. The maximum absolute atomic E-state index is 10.9. The topological polar surface area (TPSA) is 20.3 Å². The van der Waals surface area contributed by atoms with Crippen LogP contribution in [0.25, 0.3) is 0 Å². The summed E-state index contributed by atoms with van der Waals surface area (Å²) in [5.41, 5.74) is 4.45. The Kier molecular flexibility index (Phi) is 3.30. The highest BCUT2D eigenvalue weighted by molar-refractivity contribution is 7.98. The summed E-state index contributed by atoms with van der Waals surface area (Å²) in [5, 5.41) is 0. The molecule has 2 aromatic rings. The zero-order valence-corrected chi connectivity index (χ0v) is 11.6. The molecule has 0 amide bonds. The van der Waals surface area contributed by atoms with E-state index in [1.54, 1.807) is 0 Å². The summed E-state index contributed by atoms with van der Waals surface area (Å²) >= 11 is 1.83. The van der Waals surface area contributed by atoms with Crippen molar-refractivity contribution in [2.45, 2.75) is 17.6 Å². The second kappa shape index (κ2) is 5.10. The third kappa shape index (κ3) is 2.15. The zero-order valence-electron chi connectivity index (χ0n) is 10.8. The Labute approximate surface area is 117 Å². The number of para-hydroxylation sites is 1. The number of aldehydes is 1. The molecule has 0 N–H and O–H groups in total. The fraction of sp³-hybridized carbons (Fsp3) is 0.188. The number of hydrogen-bond acceptors (Lipinski definition) is 3. The number of rotatable bonds is 2. The molecule has 3 heteroatoms. The maximum atomic E-state index is 10.9. The molecule has 3 rings (SSSR count). The molecule has 1 aliphatic heterocycles. The normalized spacial score (nSPS) is 13.4. The van der Waals surface area contributed by atoms with E-state index < -0.39 is 0 Å². The van der Waals surface area contributed by atoms with E-state index in [0.717, 1.165) is 24.1 Å². The van der Waals surface area contributed by atoms with Crippen molar-refractivity contribution >= 4 is 29.4 Å². The molecule has 96 valence electrons. The first-order chi connectivity index (χ1) is 9.33. The van der Waals surface area contributed by atoms with Gasteiger partial charge in [-0.05, 0) is 42.8 Å². The van der Waals surface area contributed by atoms with Gasteiger partial charge in [-0.15, -0.1) is 11.8 Å². The molecule has 0 spiro atoms. The summed E-state index contributed by atoms with van der Waals surface area (Å²) in [4.78, 5) is 14.5. The van der Waals surface area contributed by atoms with E-state index in [-0.39, 0.29) is 0 Å². The first kappa shape index (κ1) is 12.3. The highest BCUT2D eigenvalue weighted by Crippen LogP contribution is 2.42. The predicted molar refractivity (Wildman–Crippen MR) is 80.5 cm³/mol. The average molecular weight is 269 g/mol. The average Bonchev–Trinajstić information content (AvgIpc) is 2.63. The number of fused-ring (bicyclic) bond motifs is 2. The van der Waals surface area contributed by atoms with Crippen molar-refractivity contribution in [2.24, 2.45) is 0 Å². The van der Waals surface area contributed by atoms with Crippen LogP contribution in [0.2, 0.25) is 0 Å². The molecule has 1 heterocycles. The monoisotopic (exact) mass is 269 g/mol. The van der Waals surface area contributed by atoms with Gasteiger partial charge in [-0.2, -0.15) is 0 Å². The lowest BCUT2D eigenvalue weighted by atomic mass is 10.1. The lowest BCUT2D eigenvalue weighted by Gasteiger charge is -2.25. The summed E-state index contributed by atoms with van der Waals surface area (Å²) in [6.07, 6.45) is 0.916. The summed E-state index contributed by atoms with van der Waals surface area (Å²) in [6, 6.07) is 14.4. The molecule has 0 saturated heterocycles. The quantitative estimate of drug-likeness (QED) is 0.760. The van der Waals surface area contributed by atoms with Gasteiger partial charge in [0.25, 0.3) is 0 Å². The molecule has 0 aromatic heterocycles. The molecule has 0 radical (unpaired) electrons. The summed E-state index contributed by atoms with van der Waals surface area (Å²) < 4.78 is 0. The van der Waals surface area contributed by atoms with Crippen LogP contribution in [0.4, 0.5) is 11.4 Å². The van der Waals surface area contributed by atoms with Gasteiger partial charge in [0, 0.05) is 28.4 Å². The SMILES string of the molecule is CCN1c2ccc(C=O)cc2CSc2ccccc21. The van der Waals surface area contributed by atoms with E-state index in [4.69, 9.17) is 0 Å². The second-order valence-corrected chi connectivity index (χ2v) is 5.52. The van der Waals surface area contributed by atoms with E-state index in [2.05, 4.69) is 42.2 Å². The minimum Gasteiger partial charge on any atom is -0.341 e. The van der Waals surface area contributed by atoms with Crippen molar-refractivity contribution in [3.8, 4) is 0 Å². The lowest BCUT2D eigenvalue weighted by Crippen LogP contribution is -2.17. The van der Waals surface area contributed by atoms with Crippen LogP contribution in [-0.4, -0.2) is 12.8 Å². The van der Waals surface area contributed by atoms with Crippen LogP contribution in [0, 0.1) is 0 Å². The van der Waals surface area contributed by atoms with Crippen LogP contribution < -0.4 is 4.90 Å². The Morgan fingerprint density at radius 3 is 2.84 bits per heavy atom. The number of nitrogens with zero attached hydrogens (tertiary/aromatic N) is 1. The van der Waals surface area contributed by atoms with Gasteiger partial charge in [-0.1, -0.05) is 12.1 Å². The minimum atomic E-state index is 0.751. The van der Waals surface area contributed by atoms with E-state index in [0.29, 0.717) is 0 Å².